The highest BCUT2D eigenvalue weighted by atomic mass is 16.5. The Bertz CT molecular complexity index is 775. The van der Waals surface area contributed by atoms with Crippen LogP contribution >= 0.6 is 0 Å². The first-order valence-corrected chi connectivity index (χ1v) is 9.67. The van der Waals surface area contributed by atoms with Crippen molar-refractivity contribution in [3.63, 3.8) is 0 Å². The summed E-state index contributed by atoms with van der Waals surface area (Å²) in [7, 11) is 1.68. The van der Waals surface area contributed by atoms with Crippen molar-refractivity contribution in [3.8, 4) is 11.5 Å². The average Bonchev–Trinajstić information content (AvgIpc) is 3.44. The number of Topliss-reactive ketones (excluding diaryl/α,β-unsaturated/α-hetero) is 1. The maximum Gasteiger partial charge on any atom is 0.143 e. The highest BCUT2D eigenvalue weighted by molar-refractivity contribution is 5.90. The lowest BCUT2D eigenvalue weighted by Crippen LogP contribution is -2.11. The van der Waals surface area contributed by atoms with Gasteiger partial charge in [-0.25, -0.2) is 0 Å². The summed E-state index contributed by atoms with van der Waals surface area (Å²) in [6, 6.07) is 14.4. The first-order chi connectivity index (χ1) is 12.8. The molecule has 2 aromatic carbocycles. The number of benzene rings is 2. The Hall–Kier alpha value is -2.29. The minimum Gasteiger partial charge on any atom is -0.497 e. The first kappa shape index (κ1) is 17.1. The molecule has 136 valence electrons. The van der Waals surface area contributed by atoms with E-state index in [9.17, 15) is 4.79 Å². The molecule has 1 unspecified atom stereocenters. The molecule has 0 N–H and O–H groups in total. The van der Waals surface area contributed by atoms with Gasteiger partial charge in [0.15, 0.2) is 0 Å². The fourth-order valence-electron chi connectivity index (χ4n) is 3.95. The van der Waals surface area contributed by atoms with Gasteiger partial charge in [-0.2, -0.15) is 0 Å². The Morgan fingerprint density at radius 1 is 1.08 bits per heavy atom. The standard InChI is InChI=1S/C23H26O3/c1-25-18-11-7-16(8-12-18)4-3-15-26-22-6-2-5-19-20(22)13-14-21(19)23(24)17-9-10-17/h2,5-8,11-12,17,21H,3-4,9-10,13-15H2,1H3. The Labute approximate surface area is 155 Å². The van der Waals surface area contributed by atoms with Gasteiger partial charge >= 0.3 is 0 Å². The van der Waals surface area contributed by atoms with Crippen LogP contribution in [-0.4, -0.2) is 19.5 Å². The van der Waals surface area contributed by atoms with Gasteiger partial charge < -0.3 is 9.47 Å². The summed E-state index contributed by atoms with van der Waals surface area (Å²) in [4.78, 5) is 12.5. The molecule has 0 spiro atoms. The summed E-state index contributed by atoms with van der Waals surface area (Å²) >= 11 is 0. The molecule has 0 aliphatic heterocycles. The monoisotopic (exact) mass is 350 g/mol. The van der Waals surface area contributed by atoms with Crippen molar-refractivity contribution < 1.29 is 14.3 Å². The van der Waals surface area contributed by atoms with Crippen molar-refractivity contribution in [2.45, 2.75) is 44.4 Å². The van der Waals surface area contributed by atoms with E-state index in [4.69, 9.17) is 9.47 Å². The molecule has 2 aliphatic rings. The van der Waals surface area contributed by atoms with E-state index in [-0.39, 0.29) is 5.92 Å². The molecule has 0 bridgehead atoms. The summed E-state index contributed by atoms with van der Waals surface area (Å²) in [5.41, 5.74) is 3.77. The van der Waals surface area contributed by atoms with Crippen LogP contribution in [0.5, 0.6) is 11.5 Å². The van der Waals surface area contributed by atoms with Gasteiger partial charge in [-0.3, -0.25) is 4.79 Å². The molecule has 0 saturated heterocycles. The number of fused-ring (bicyclic) bond motifs is 1. The molecule has 3 nitrogen and oxygen atoms in total. The molecule has 1 fully saturated rings. The number of hydrogen-bond donors (Lipinski definition) is 0. The van der Waals surface area contributed by atoms with Gasteiger partial charge in [0, 0.05) is 11.8 Å². The van der Waals surface area contributed by atoms with Crippen LogP contribution in [0.15, 0.2) is 42.5 Å². The van der Waals surface area contributed by atoms with Crippen LogP contribution in [0.25, 0.3) is 0 Å². The molecule has 2 aliphatic carbocycles. The molecule has 26 heavy (non-hydrogen) atoms. The van der Waals surface area contributed by atoms with E-state index in [0.29, 0.717) is 18.3 Å². The number of rotatable bonds is 8. The second-order valence-electron chi connectivity index (χ2n) is 7.39. The third kappa shape index (κ3) is 3.62. The lowest BCUT2D eigenvalue weighted by Gasteiger charge is -2.13. The van der Waals surface area contributed by atoms with E-state index in [0.717, 1.165) is 50.0 Å². The van der Waals surface area contributed by atoms with Gasteiger partial charge in [0.1, 0.15) is 17.3 Å². The van der Waals surface area contributed by atoms with E-state index in [1.807, 2.05) is 18.2 Å². The zero-order chi connectivity index (χ0) is 17.9. The van der Waals surface area contributed by atoms with Crippen LogP contribution in [0.2, 0.25) is 0 Å². The van der Waals surface area contributed by atoms with Gasteiger partial charge in [0.05, 0.1) is 13.7 Å². The summed E-state index contributed by atoms with van der Waals surface area (Å²) < 4.78 is 11.3. The number of ketones is 1. The molecule has 3 heteroatoms. The van der Waals surface area contributed by atoms with Gasteiger partial charge in [-0.05, 0) is 73.4 Å². The van der Waals surface area contributed by atoms with Gasteiger partial charge in [0.25, 0.3) is 0 Å². The zero-order valence-electron chi connectivity index (χ0n) is 15.4. The van der Waals surface area contributed by atoms with E-state index < -0.39 is 0 Å². The minimum atomic E-state index is 0.111. The number of ether oxygens (including phenoxy) is 2. The van der Waals surface area contributed by atoms with Gasteiger partial charge in [-0.1, -0.05) is 24.3 Å². The molecule has 0 heterocycles. The molecule has 1 atom stereocenters. The van der Waals surface area contributed by atoms with E-state index >= 15 is 0 Å². The van der Waals surface area contributed by atoms with Crippen LogP contribution in [-0.2, 0) is 17.6 Å². The predicted octanol–water partition coefficient (Wildman–Crippen LogP) is 4.72. The number of aryl methyl sites for hydroxylation is 1. The molecule has 0 aromatic heterocycles. The van der Waals surface area contributed by atoms with Crippen molar-refractivity contribution in [1.82, 2.24) is 0 Å². The molecule has 0 amide bonds. The van der Waals surface area contributed by atoms with E-state index in [1.165, 1.54) is 16.7 Å². The van der Waals surface area contributed by atoms with Crippen molar-refractivity contribution in [1.29, 1.82) is 0 Å². The smallest absolute Gasteiger partial charge is 0.143 e. The van der Waals surface area contributed by atoms with Crippen molar-refractivity contribution >= 4 is 5.78 Å². The quantitative estimate of drug-likeness (QED) is 0.647. The number of carbonyl (C=O) groups excluding carboxylic acids is 1. The summed E-state index contributed by atoms with van der Waals surface area (Å²) in [6.07, 6.45) is 6.06. The Morgan fingerprint density at radius 2 is 1.88 bits per heavy atom. The number of hydrogen-bond acceptors (Lipinski definition) is 3. The lowest BCUT2D eigenvalue weighted by atomic mass is 9.94. The SMILES string of the molecule is COc1ccc(CCCOc2cccc3c2CCC3C(=O)C2CC2)cc1. The van der Waals surface area contributed by atoms with Crippen LogP contribution in [0, 0.1) is 5.92 Å². The topological polar surface area (TPSA) is 35.5 Å². The van der Waals surface area contributed by atoms with Crippen molar-refractivity contribution in [2.24, 2.45) is 5.92 Å². The normalized spacial score (nSPS) is 18.4. The molecule has 4 rings (SSSR count). The Kier molecular flexibility index (Phi) is 4.96. The molecule has 1 saturated carbocycles. The van der Waals surface area contributed by atoms with Crippen LogP contribution in [0.3, 0.4) is 0 Å². The average molecular weight is 350 g/mol. The third-order valence-electron chi connectivity index (χ3n) is 5.58. The number of methoxy groups -OCH3 is 1. The highest BCUT2D eigenvalue weighted by Gasteiger charge is 2.38. The zero-order valence-corrected chi connectivity index (χ0v) is 15.4. The predicted molar refractivity (Wildman–Crippen MR) is 102 cm³/mol. The fraction of sp³-hybridized carbons (Fsp3) is 0.435. The maximum absolute atomic E-state index is 12.5. The second-order valence-corrected chi connectivity index (χ2v) is 7.39. The highest BCUT2D eigenvalue weighted by Crippen LogP contribution is 2.44. The Balaban J connectivity index is 1.33. The Morgan fingerprint density at radius 3 is 2.62 bits per heavy atom. The molecular weight excluding hydrogens is 324 g/mol. The first-order valence-electron chi connectivity index (χ1n) is 9.67. The van der Waals surface area contributed by atoms with Crippen molar-refractivity contribution in [2.75, 3.05) is 13.7 Å². The largest absolute Gasteiger partial charge is 0.497 e. The lowest BCUT2D eigenvalue weighted by molar-refractivity contribution is -0.121. The van der Waals surface area contributed by atoms with Crippen LogP contribution in [0.4, 0.5) is 0 Å². The third-order valence-corrected chi connectivity index (χ3v) is 5.58. The fourth-order valence-corrected chi connectivity index (χ4v) is 3.95. The summed E-state index contributed by atoms with van der Waals surface area (Å²) in [6.45, 7) is 0.698. The molecule has 2 aromatic rings. The maximum atomic E-state index is 12.5. The summed E-state index contributed by atoms with van der Waals surface area (Å²) in [5.74, 6) is 2.77. The van der Waals surface area contributed by atoms with E-state index in [2.05, 4.69) is 24.3 Å². The molecular formula is C23H26O3. The van der Waals surface area contributed by atoms with Gasteiger partial charge in [-0.15, -0.1) is 0 Å². The minimum absolute atomic E-state index is 0.111. The van der Waals surface area contributed by atoms with E-state index in [1.54, 1.807) is 7.11 Å². The van der Waals surface area contributed by atoms with Crippen molar-refractivity contribution in [3.05, 3.63) is 59.2 Å². The van der Waals surface area contributed by atoms with Crippen LogP contribution < -0.4 is 9.47 Å². The number of carbonyl (C=O) groups is 1. The van der Waals surface area contributed by atoms with Crippen LogP contribution in [0.1, 0.15) is 48.3 Å². The van der Waals surface area contributed by atoms with Gasteiger partial charge in [0.2, 0.25) is 0 Å². The second kappa shape index (κ2) is 7.53. The molecule has 0 radical (unpaired) electrons. The summed E-state index contributed by atoms with van der Waals surface area (Å²) in [5, 5.41) is 0.